The molecular weight excluding hydrogens is 1040 g/mol. The Labute approximate surface area is 518 Å². The topological polar surface area (TPSA) is 25.3 Å². The minimum atomic E-state index is 0.907. The third-order valence-electron chi connectivity index (χ3n) is 17.2. The first-order chi connectivity index (χ1) is 40.6. The Morgan fingerprint density at radius 1 is 0.329 bits per heavy atom. The monoisotopic (exact) mass is 1170 g/mol. The van der Waals surface area contributed by atoms with E-state index in [0.29, 0.717) is 0 Å². The molecule has 2 nitrogen and oxygen atoms in total. The van der Waals surface area contributed by atoms with Crippen molar-refractivity contribution in [3.8, 4) is 21.6 Å². The maximum atomic E-state index is 11.4. The number of nitrogens with zero attached hydrogens (tertiary/aromatic N) is 2. The average molecular weight is 1170 g/mol. The molecule has 0 bridgehead atoms. The molecule has 468 valence electrons. The Morgan fingerprint density at radius 2 is 0.622 bits per heavy atom. The van der Waals surface area contributed by atoms with Gasteiger partial charge in [-0.15, -0.1) is 0 Å². The number of benzene rings is 2. The van der Waals surface area contributed by atoms with Gasteiger partial charge in [0.25, 0.3) is 0 Å². The molecule has 1 aliphatic heterocycles. The second-order valence-corrected chi connectivity index (χ2v) is 25.8. The third-order valence-corrected chi connectivity index (χ3v) is 17.8. The zero-order valence-electron chi connectivity index (χ0n) is 55.1. The molecule has 0 unspecified atom stereocenters. The summed E-state index contributed by atoms with van der Waals surface area (Å²) in [5, 5.41) is 0. The van der Waals surface area contributed by atoms with Crippen molar-refractivity contribution in [1.82, 2.24) is 0 Å². The van der Waals surface area contributed by atoms with Gasteiger partial charge in [-0.3, -0.25) is 0 Å². The normalized spacial score (nSPS) is 12.1. The zero-order valence-corrected chi connectivity index (χ0v) is 56.1. The van der Waals surface area contributed by atoms with E-state index in [1.54, 1.807) is 0 Å². The van der Waals surface area contributed by atoms with Gasteiger partial charge in [-0.1, -0.05) is 239 Å². The fourth-order valence-corrected chi connectivity index (χ4v) is 12.3. The quantitative estimate of drug-likeness (QED) is 0.0273. The molecule has 0 fully saturated rings. The van der Waals surface area contributed by atoms with Crippen molar-refractivity contribution in [3.63, 3.8) is 0 Å². The van der Waals surface area contributed by atoms with E-state index in [4.69, 9.17) is 0 Å². The smallest absolute Gasteiger partial charge is 0.493 e. The van der Waals surface area contributed by atoms with Crippen LogP contribution in [0.5, 0.6) is 0 Å². The van der Waals surface area contributed by atoms with Gasteiger partial charge in [-0.25, -0.2) is 4.70 Å². The minimum Gasteiger partial charge on any atom is -0.493 e. The molecular formula is C79H132N2Ni. The summed E-state index contributed by atoms with van der Waals surface area (Å²) < 4.78 is 1.46. The Balaban J connectivity index is 0.000000581. The predicted molar refractivity (Wildman–Crippen MR) is 363 cm³/mol. The molecule has 1 heterocycles. The summed E-state index contributed by atoms with van der Waals surface area (Å²) >= 11 is 1.33. The maximum absolute atomic E-state index is 11.4. The molecule has 0 spiro atoms. The third kappa shape index (κ3) is 42.9. The molecule has 0 aromatic heterocycles. The van der Waals surface area contributed by atoms with Gasteiger partial charge in [0.15, 0.2) is 0 Å². The molecule has 82 heavy (non-hydrogen) atoms. The van der Waals surface area contributed by atoms with Crippen LogP contribution in [0.1, 0.15) is 391 Å². The number of allylic oxidation sites excluding steroid dienone is 2. The summed E-state index contributed by atoms with van der Waals surface area (Å²) in [6.45, 7) is 11.4. The van der Waals surface area contributed by atoms with Gasteiger partial charge in [-0.2, -0.15) is 0 Å². The number of rotatable bonds is 54. The Bertz CT molecular complexity index is 1910. The van der Waals surface area contributed by atoms with Crippen LogP contribution >= 0.6 is 0 Å². The standard InChI is InChI=1S/C33H46N2.2C23H43.Ni/c1-4-7-10-11-12-14-18-28-20-16-23-30(25-28)33-31(21-9-6-3)26-32(35(33)34)29-22-15-19-27(24-29)17-13-8-5-2;2*1-3-5-7-9-11-13-15-17-19-21-23-22-20-18-16-14-12-10-8-6-4-2;/h15-16,19-20,22-26H,4-14,17-18,21H2,1-3H3;2*3,5-23H2,1H3;. The number of hydrogen-bond donors (Lipinski definition) is 0. The van der Waals surface area contributed by atoms with Gasteiger partial charge in [0.1, 0.15) is 0 Å². The molecule has 3 rings (SSSR count). The van der Waals surface area contributed by atoms with E-state index in [2.05, 4.69) is 111 Å². The van der Waals surface area contributed by atoms with Crippen molar-refractivity contribution in [3.05, 3.63) is 88.0 Å². The van der Waals surface area contributed by atoms with Crippen molar-refractivity contribution in [2.75, 3.05) is 0 Å². The van der Waals surface area contributed by atoms with Gasteiger partial charge >= 0.3 is 164 Å². The average Bonchev–Trinajstić information content (AvgIpc) is 3.91. The molecule has 3 heteroatoms. The summed E-state index contributed by atoms with van der Waals surface area (Å²) in [5.74, 6) is 6.65. The van der Waals surface area contributed by atoms with Crippen LogP contribution in [0.2, 0.25) is 0 Å². The number of aryl methyl sites for hydroxylation is 2. The fraction of sp³-hybridized carbons (Fsp3) is 0.747. The molecule has 0 saturated heterocycles. The van der Waals surface area contributed by atoms with Crippen molar-refractivity contribution < 1.29 is 19.1 Å². The Kier molecular flexibility index (Phi) is 53.7. The van der Waals surface area contributed by atoms with E-state index in [0.717, 1.165) is 67.5 Å². The van der Waals surface area contributed by atoms with Gasteiger partial charge in [0.2, 0.25) is 11.4 Å². The number of unbranched alkanes of at least 4 members (excludes halogenated alkanes) is 46. The molecule has 2 aromatic rings. The van der Waals surface area contributed by atoms with E-state index in [1.807, 2.05) is 0 Å². The van der Waals surface area contributed by atoms with Crippen molar-refractivity contribution >= 4 is 11.4 Å². The zero-order chi connectivity index (χ0) is 58.7. The Morgan fingerprint density at radius 3 is 0.988 bits per heavy atom. The van der Waals surface area contributed by atoms with E-state index >= 15 is 0 Å². The van der Waals surface area contributed by atoms with Crippen LogP contribution < -0.4 is 0 Å². The SMILES string of the molecule is CCCCCCCCCCCCCCCCCCCCCC#[C][Ni][C]#CCCCCCCCCCCCCCCCCCCCCC.CCCCCCCCc1cccc(C2=C(CCCC)C=C(c3cccc(CCCCC)c3)[N+]2=[N-])c1. The van der Waals surface area contributed by atoms with Crippen LogP contribution in [-0.2, 0) is 27.3 Å². The van der Waals surface area contributed by atoms with E-state index in [9.17, 15) is 5.53 Å². The van der Waals surface area contributed by atoms with Crippen LogP contribution in [0.4, 0.5) is 0 Å². The van der Waals surface area contributed by atoms with Crippen molar-refractivity contribution in [2.45, 2.75) is 381 Å². The first-order valence-electron chi connectivity index (χ1n) is 36.2. The molecule has 0 amide bonds. The fourth-order valence-electron chi connectivity index (χ4n) is 11.8. The van der Waals surface area contributed by atoms with Gasteiger partial charge in [-0.05, 0) is 73.9 Å². The van der Waals surface area contributed by atoms with Crippen LogP contribution in [0, 0.1) is 21.6 Å². The molecule has 0 N–H and O–H groups in total. The van der Waals surface area contributed by atoms with E-state index < -0.39 is 0 Å². The summed E-state index contributed by atoms with van der Waals surface area (Å²) in [6.07, 6.45) is 76.1. The van der Waals surface area contributed by atoms with E-state index in [1.165, 1.54) is 338 Å². The van der Waals surface area contributed by atoms with Crippen LogP contribution in [0.3, 0.4) is 0 Å². The predicted octanol–water partition coefficient (Wildman–Crippen LogP) is 26.9. The van der Waals surface area contributed by atoms with Crippen molar-refractivity contribution in [2.24, 2.45) is 0 Å². The van der Waals surface area contributed by atoms with Gasteiger partial charge in [0, 0.05) is 22.8 Å². The molecule has 0 aliphatic carbocycles. The minimum absolute atomic E-state index is 0.907. The summed E-state index contributed by atoms with van der Waals surface area (Å²) in [6, 6.07) is 17.6. The summed E-state index contributed by atoms with van der Waals surface area (Å²) in [7, 11) is 0. The first kappa shape index (κ1) is 75.2. The van der Waals surface area contributed by atoms with Crippen LogP contribution in [0.25, 0.3) is 16.9 Å². The second kappa shape index (κ2) is 58.5. The van der Waals surface area contributed by atoms with Gasteiger partial charge < -0.3 is 5.53 Å². The second-order valence-electron chi connectivity index (χ2n) is 25.0. The van der Waals surface area contributed by atoms with Gasteiger partial charge in [0.05, 0.1) is 0 Å². The molecule has 0 saturated carbocycles. The first-order valence-corrected chi connectivity index (χ1v) is 37.2. The molecule has 0 atom stereocenters. The summed E-state index contributed by atoms with van der Waals surface area (Å²) in [5.41, 5.74) is 19.5. The summed E-state index contributed by atoms with van der Waals surface area (Å²) in [4.78, 5) is 6.44. The Hall–Kier alpha value is -2.87. The number of hydrogen-bond acceptors (Lipinski definition) is 0. The molecule has 2 aromatic carbocycles. The van der Waals surface area contributed by atoms with Crippen molar-refractivity contribution in [1.29, 1.82) is 0 Å². The van der Waals surface area contributed by atoms with E-state index in [-0.39, 0.29) is 0 Å². The van der Waals surface area contributed by atoms with Crippen LogP contribution in [0.15, 0.2) is 60.2 Å². The molecule has 1 aliphatic rings. The molecule has 0 radical (unpaired) electrons. The van der Waals surface area contributed by atoms with Crippen LogP contribution in [-0.4, -0.2) is 4.70 Å².